The highest BCUT2D eigenvalue weighted by atomic mass is 32.1. The molecule has 0 aliphatic rings. The van der Waals surface area contributed by atoms with Gasteiger partial charge in [-0.25, -0.2) is 0 Å². The molecular weight excluding hydrogens is 304 g/mol. The van der Waals surface area contributed by atoms with Gasteiger partial charge < -0.3 is 9.72 Å². The van der Waals surface area contributed by atoms with E-state index in [9.17, 15) is 4.79 Å². The Morgan fingerprint density at radius 3 is 2.86 bits per heavy atom. The van der Waals surface area contributed by atoms with Crippen molar-refractivity contribution in [3.63, 3.8) is 0 Å². The highest BCUT2D eigenvalue weighted by Crippen LogP contribution is 2.14. The maximum absolute atomic E-state index is 12.3. The van der Waals surface area contributed by atoms with Crippen molar-refractivity contribution in [2.24, 2.45) is 0 Å². The Kier molecular flexibility index (Phi) is 4.17. The number of aromatic nitrogens is 2. The van der Waals surface area contributed by atoms with E-state index in [0.29, 0.717) is 23.3 Å². The monoisotopic (exact) mass is 318 g/mol. The summed E-state index contributed by atoms with van der Waals surface area (Å²) in [4.78, 5) is 16.2. The summed E-state index contributed by atoms with van der Waals surface area (Å²) in [5.41, 5.74) is -0.0327. The Labute approximate surface area is 130 Å². The number of rotatable bonds is 5. The molecule has 0 aliphatic carbocycles. The van der Waals surface area contributed by atoms with Crippen LogP contribution in [-0.2, 0) is 6.54 Å². The molecule has 0 unspecified atom stereocenters. The number of aromatic amines is 1. The van der Waals surface area contributed by atoms with Crippen LogP contribution in [-0.4, -0.2) is 16.2 Å². The van der Waals surface area contributed by atoms with Crippen LogP contribution in [0.5, 0.6) is 5.75 Å². The van der Waals surface area contributed by atoms with Crippen molar-refractivity contribution in [2.45, 2.75) is 13.0 Å². The van der Waals surface area contributed by atoms with Gasteiger partial charge in [0.05, 0.1) is 12.0 Å². The maximum atomic E-state index is 12.3. The Morgan fingerprint density at radius 2 is 2.05 bits per heavy atom. The SMILES string of the molecule is O=c1c2ccsc2[nH]c(=S)n1CCCOc1ccccc1. The normalized spacial score (nSPS) is 10.9. The molecular formula is C15H14N2O2S2. The molecule has 3 rings (SSSR count). The third-order valence-electron chi connectivity index (χ3n) is 3.14. The first-order valence-corrected chi connectivity index (χ1v) is 7.92. The van der Waals surface area contributed by atoms with Crippen LogP contribution >= 0.6 is 23.6 Å². The second-order valence-electron chi connectivity index (χ2n) is 4.57. The Bertz CT molecular complexity index is 849. The van der Waals surface area contributed by atoms with Crippen molar-refractivity contribution in [3.8, 4) is 5.75 Å². The molecule has 0 saturated carbocycles. The van der Waals surface area contributed by atoms with E-state index < -0.39 is 0 Å². The van der Waals surface area contributed by atoms with Crippen LogP contribution < -0.4 is 10.3 Å². The fourth-order valence-corrected chi connectivity index (χ4v) is 3.23. The zero-order chi connectivity index (χ0) is 14.7. The minimum absolute atomic E-state index is 0.0327. The van der Waals surface area contributed by atoms with Gasteiger partial charge in [-0.1, -0.05) is 18.2 Å². The van der Waals surface area contributed by atoms with Crippen LogP contribution in [0.15, 0.2) is 46.6 Å². The first-order chi connectivity index (χ1) is 10.3. The van der Waals surface area contributed by atoms with E-state index in [-0.39, 0.29) is 5.56 Å². The summed E-state index contributed by atoms with van der Waals surface area (Å²) >= 11 is 6.74. The highest BCUT2D eigenvalue weighted by molar-refractivity contribution is 7.71. The van der Waals surface area contributed by atoms with Gasteiger partial charge >= 0.3 is 0 Å². The Morgan fingerprint density at radius 1 is 1.24 bits per heavy atom. The van der Waals surface area contributed by atoms with Gasteiger partial charge in [0.15, 0.2) is 4.77 Å². The van der Waals surface area contributed by atoms with Crippen molar-refractivity contribution in [1.82, 2.24) is 9.55 Å². The lowest BCUT2D eigenvalue weighted by molar-refractivity contribution is 0.300. The first-order valence-electron chi connectivity index (χ1n) is 6.64. The van der Waals surface area contributed by atoms with E-state index in [2.05, 4.69) is 4.98 Å². The minimum Gasteiger partial charge on any atom is -0.494 e. The molecule has 0 saturated heterocycles. The van der Waals surface area contributed by atoms with E-state index in [0.717, 1.165) is 17.0 Å². The van der Waals surface area contributed by atoms with E-state index in [1.54, 1.807) is 4.57 Å². The number of thiophene rings is 1. The van der Waals surface area contributed by atoms with Crippen LogP contribution in [0.2, 0.25) is 0 Å². The number of hydrogen-bond acceptors (Lipinski definition) is 4. The van der Waals surface area contributed by atoms with E-state index in [1.807, 2.05) is 41.8 Å². The summed E-state index contributed by atoms with van der Waals surface area (Å²) in [6.07, 6.45) is 0.724. The summed E-state index contributed by atoms with van der Waals surface area (Å²) < 4.78 is 7.69. The van der Waals surface area contributed by atoms with Gasteiger partial charge in [-0.3, -0.25) is 9.36 Å². The van der Waals surface area contributed by atoms with Crippen molar-refractivity contribution in [1.29, 1.82) is 0 Å². The van der Waals surface area contributed by atoms with E-state index in [4.69, 9.17) is 17.0 Å². The zero-order valence-corrected chi connectivity index (χ0v) is 12.9. The number of H-pyrrole nitrogens is 1. The maximum Gasteiger partial charge on any atom is 0.263 e. The predicted molar refractivity (Wildman–Crippen MR) is 87.8 cm³/mol. The van der Waals surface area contributed by atoms with Crippen LogP contribution in [0, 0.1) is 4.77 Å². The topological polar surface area (TPSA) is 47.0 Å². The van der Waals surface area contributed by atoms with Crippen molar-refractivity contribution in [2.75, 3.05) is 6.61 Å². The van der Waals surface area contributed by atoms with Gasteiger partial charge in [0.1, 0.15) is 10.6 Å². The van der Waals surface area contributed by atoms with Gasteiger partial charge in [0.25, 0.3) is 5.56 Å². The number of ether oxygens (including phenoxy) is 1. The van der Waals surface area contributed by atoms with E-state index >= 15 is 0 Å². The molecule has 1 N–H and O–H groups in total. The van der Waals surface area contributed by atoms with Gasteiger partial charge in [-0.05, 0) is 42.2 Å². The lowest BCUT2D eigenvalue weighted by Gasteiger charge is -2.08. The number of hydrogen-bond donors (Lipinski definition) is 1. The molecule has 0 amide bonds. The van der Waals surface area contributed by atoms with Crippen molar-refractivity contribution >= 4 is 33.8 Å². The van der Waals surface area contributed by atoms with Gasteiger partial charge in [-0.2, -0.15) is 0 Å². The van der Waals surface area contributed by atoms with E-state index in [1.165, 1.54) is 11.3 Å². The molecule has 4 nitrogen and oxygen atoms in total. The number of nitrogens with one attached hydrogen (secondary N) is 1. The minimum atomic E-state index is -0.0327. The lowest BCUT2D eigenvalue weighted by Crippen LogP contribution is -2.22. The van der Waals surface area contributed by atoms with Gasteiger partial charge in [0.2, 0.25) is 0 Å². The third-order valence-corrected chi connectivity index (χ3v) is 4.30. The summed E-state index contributed by atoms with van der Waals surface area (Å²) in [5, 5.41) is 2.58. The Hall–Kier alpha value is -1.92. The fourth-order valence-electron chi connectivity index (χ4n) is 2.11. The predicted octanol–water partition coefficient (Wildman–Crippen LogP) is 3.59. The molecule has 0 aliphatic heterocycles. The summed E-state index contributed by atoms with van der Waals surface area (Å²) in [6.45, 7) is 1.10. The van der Waals surface area contributed by atoms with Crippen molar-refractivity contribution in [3.05, 3.63) is 56.9 Å². The van der Waals surface area contributed by atoms with Gasteiger partial charge in [-0.15, -0.1) is 11.3 Å². The molecule has 3 aromatic rings. The van der Waals surface area contributed by atoms with Crippen molar-refractivity contribution < 1.29 is 4.74 Å². The average Bonchev–Trinajstić information content (AvgIpc) is 2.96. The molecule has 6 heteroatoms. The first kappa shape index (κ1) is 14.0. The largest absolute Gasteiger partial charge is 0.494 e. The molecule has 1 aromatic carbocycles. The Balaban J connectivity index is 1.68. The van der Waals surface area contributed by atoms with Crippen LogP contribution in [0.25, 0.3) is 10.2 Å². The number of nitrogens with zero attached hydrogens (tertiary/aromatic N) is 1. The van der Waals surface area contributed by atoms with Crippen LogP contribution in [0.1, 0.15) is 6.42 Å². The molecule has 2 heterocycles. The number of benzene rings is 1. The standard InChI is InChI=1S/C15H14N2O2S2/c18-14-12-7-10-21-13(12)16-15(20)17(14)8-4-9-19-11-5-2-1-3-6-11/h1-3,5-7,10H,4,8-9H2,(H,16,20). The molecule has 2 aromatic heterocycles. The number of fused-ring (bicyclic) bond motifs is 1. The summed E-state index contributed by atoms with van der Waals surface area (Å²) in [5.74, 6) is 0.836. The quantitative estimate of drug-likeness (QED) is 0.578. The molecule has 0 bridgehead atoms. The third kappa shape index (κ3) is 3.06. The molecule has 108 valence electrons. The lowest BCUT2D eigenvalue weighted by atomic mass is 10.3. The second-order valence-corrected chi connectivity index (χ2v) is 5.87. The molecule has 0 fully saturated rings. The second kappa shape index (κ2) is 6.24. The summed E-state index contributed by atoms with van der Waals surface area (Å²) in [7, 11) is 0. The molecule has 0 radical (unpaired) electrons. The zero-order valence-electron chi connectivity index (χ0n) is 11.2. The smallest absolute Gasteiger partial charge is 0.263 e. The van der Waals surface area contributed by atoms with Gasteiger partial charge in [0, 0.05) is 6.54 Å². The molecule has 21 heavy (non-hydrogen) atoms. The fraction of sp³-hybridized carbons (Fsp3) is 0.200. The molecule has 0 atom stereocenters. The van der Waals surface area contributed by atoms with Crippen LogP contribution in [0.4, 0.5) is 0 Å². The number of para-hydroxylation sites is 1. The highest BCUT2D eigenvalue weighted by Gasteiger charge is 2.06. The molecule has 0 spiro atoms. The average molecular weight is 318 g/mol. The summed E-state index contributed by atoms with van der Waals surface area (Å²) in [6, 6.07) is 11.5. The van der Waals surface area contributed by atoms with Crippen LogP contribution in [0.3, 0.4) is 0 Å².